The van der Waals surface area contributed by atoms with Gasteiger partial charge < -0.3 is 4.74 Å². The summed E-state index contributed by atoms with van der Waals surface area (Å²) in [6.07, 6.45) is 5.46. The first kappa shape index (κ1) is 12.5. The van der Waals surface area contributed by atoms with Crippen LogP contribution in [0.1, 0.15) is 12.8 Å². The monoisotopic (exact) mass is 248 g/mol. The minimum atomic E-state index is -0.246. The molecule has 0 spiro atoms. The second kappa shape index (κ2) is 5.14. The van der Waals surface area contributed by atoms with Crippen molar-refractivity contribution < 1.29 is 4.74 Å². The Kier molecular flexibility index (Phi) is 3.57. The van der Waals surface area contributed by atoms with E-state index in [1.807, 2.05) is 0 Å². The van der Waals surface area contributed by atoms with E-state index < -0.39 is 0 Å². The number of aromatic nitrogens is 4. The van der Waals surface area contributed by atoms with Crippen LogP contribution in [0.25, 0.3) is 5.70 Å². The fourth-order valence-corrected chi connectivity index (χ4v) is 2.04. The van der Waals surface area contributed by atoms with Crippen LogP contribution in [-0.2, 0) is 11.8 Å². The smallest absolute Gasteiger partial charge is 0.367 e. The predicted molar refractivity (Wildman–Crippen MR) is 67.9 cm³/mol. The number of methoxy groups -OCH3 is 1. The van der Waals surface area contributed by atoms with Gasteiger partial charge in [0.2, 0.25) is 0 Å². The van der Waals surface area contributed by atoms with Crippen LogP contribution in [0.15, 0.2) is 34.7 Å². The molecule has 0 atom stereocenters. The third-order valence-electron chi connectivity index (χ3n) is 2.93. The van der Waals surface area contributed by atoms with Crippen LogP contribution in [-0.4, -0.2) is 33.5 Å². The van der Waals surface area contributed by atoms with Crippen molar-refractivity contribution in [3.63, 3.8) is 0 Å². The van der Waals surface area contributed by atoms with Crippen LogP contribution < -0.4 is 5.69 Å². The van der Waals surface area contributed by atoms with Gasteiger partial charge in [0.1, 0.15) is 0 Å². The Bertz CT molecular complexity index is 577. The molecule has 6 heteroatoms. The first-order chi connectivity index (χ1) is 8.69. The summed E-state index contributed by atoms with van der Waals surface area (Å²) in [5.41, 5.74) is 2.54. The van der Waals surface area contributed by atoms with Gasteiger partial charge in [0.25, 0.3) is 0 Å². The van der Waals surface area contributed by atoms with Gasteiger partial charge in [-0.1, -0.05) is 18.7 Å². The molecule has 0 saturated heterocycles. The highest BCUT2D eigenvalue weighted by molar-refractivity contribution is 5.62. The Morgan fingerprint density at radius 2 is 2.33 bits per heavy atom. The number of allylic oxidation sites excluding steroid dienone is 3. The van der Waals surface area contributed by atoms with Gasteiger partial charge >= 0.3 is 5.69 Å². The summed E-state index contributed by atoms with van der Waals surface area (Å²) in [7, 11) is 3.20. The molecule has 0 N–H and O–H groups in total. The van der Waals surface area contributed by atoms with Crippen molar-refractivity contribution in [3.05, 3.63) is 40.4 Å². The van der Waals surface area contributed by atoms with Crippen molar-refractivity contribution in [2.24, 2.45) is 7.05 Å². The largest absolute Gasteiger partial charge is 0.380 e. The molecule has 0 unspecified atom stereocenters. The summed E-state index contributed by atoms with van der Waals surface area (Å²) in [5.74, 6) is 0. The quantitative estimate of drug-likeness (QED) is 0.788. The molecule has 1 aromatic heterocycles. The zero-order valence-corrected chi connectivity index (χ0v) is 10.6. The van der Waals surface area contributed by atoms with E-state index in [1.54, 1.807) is 20.2 Å². The lowest BCUT2D eigenvalue weighted by Gasteiger charge is -2.18. The highest BCUT2D eigenvalue weighted by atomic mass is 16.5. The lowest BCUT2D eigenvalue weighted by molar-refractivity contribution is 0.227. The molecule has 0 aliphatic heterocycles. The molecule has 0 bridgehead atoms. The predicted octanol–water partition coefficient (Wildman–Crippen LogP) is 0.740. The van der Waals surface area contributed by atoms with Crippen LogP contribution in [0.3, 0.4) is 0 Å². The van der Waals surface area contributed by atoms with Crippen molar-refractivity contribution >= 4 is 5.70 Å². The summed E-state index contributed by atoms with van der Waals surface area (Å²) in [6.45, 7) is 4.21. The van der Waals surface area contributed by atoms with Gasteiger partial charge in [0, 0.05) is 19.7 Å². The van der Waals surface area contributed by atoms with Crippen LogP contribution >= 0.6 is 0 Å². The summed E-state index contributed by atoms with van der Waals surface area (Å²) >= 11 is 0. The van der Waals surface area contributed by atoms with E-state index in [2.05, 4.69) is 23.1 Å². The molecule has 0 radical (unpaired) electrons. The van der Waals surface area contributed by atoms with Crippen LogP contribution in [0, 0.1) is 0 Å². The fraction of sp³-hybridized carbons (Fsp3) is 0.417. The first-order valence-electron chi connectivity index (χ1n) is 5.72. The Morgan fingerprint density at radius 3 is 2.89 bits per heavy atom. The maximum absolute atomic E-state index is 11.9. The Morgan fingerprint density at radius 1 is 1.56 bits per heavy atom. The van der Waals surface area contributed by atoms with Crippen molar-refractivity contribution in [2.75, 3.05) is 13.7 Å². The Labute approximate surface area is 105 Å². The average Bonchev–Trinajstić information content (AvgIpc) is 2.71. The molecule has 6 nitrogen and oxygen atoms in total. The topological polar surface area (TPSA) is 61.9 Å². The number of tetrazole rings is 1. The summed E-state index contributed by atoms with van der Waals surface area (Å²) in [5, 5.41) is 7.62. The minimum Gasteiger partial charge on any atom is -0.380 e. The average molecular weight is 248 g/mol. The minimum absolute atomic E-state index is 0.246. The molecule has 2 rings (SSSR count). The number of nitrogens with zero attached hydrogens (tertiary/aromatic N) is 4. The van der Waals surface area contributed by atoms with E-state index in [1.165, 1.54) is 9.36 Å². The van der Waals surface area contributed by atoms with E-state index in [4.69, 9.17) is 4.74 Å². The van der Waals surface area contributed by atoms with Gasteiger partial charge in [-0.2, -0.15) is 9.36 Å². The highest BCUT2D eigenvalue weighted by Crippen LogP contribution is 2.28. The molecule has 0 fully saturated rings. The molecule has 96 valence electrons. The number of hydrogen-bond donors (Lipinski definition) is 0. The first-order valence-corrected chi connectivity index (χ1v) is 5.72. The van der Waals surface area contributed by atoms with Gasteiger partial charge in [-0.05, 0) is 28.8 Å². The van der Waals surface area contributed by atoms with E-state index >= 15 is 0 Å². The molecule has 0 aromatic carbocycles. The second-order valence-corrected chi connectivity index (χ2v) is 4.06. The Hall–Kier alpha value is -1.95. The summed E-state index contributed by atoms with van der Waals surface area (Å²) in [4.78, 5) is 11.9. The zero-order chi connectivity index (χ0) is 13.1. The number of hydrogen-bond acceptors (Lipinski definition) is 4. The van der Waals surface area contributed by atoms with Crippen LogP contribution in [0.2, 0.25) is 0 Å². The van der Waals surface area contributed by atoms with E-state index in [0.717, 1.165) is 29.7 Å². The van der Waals surface area contributed by atoms with Crippen molar-refractivity contribution in [1.29, 1.82) is 0 Å². The molecular weight excluding hydrogens is 232 g/mol. The normalized spacial score (nSPS) is 15.8. The lowest BCUT2D eigenvalue weighted by Crippen LogP contribution is -2.25. The van der Waals surface area contributed by atoms with Crippen molar-refractivity contribution in [1.82, 2.24) is 19.8 Å². The SMILES string of the molecule is C=CC1=CCCC(n2nnn(C)c2=O)=C1COC. The number of aryl methyl sites for hydroxylation is 1. The standard InChI is InChI=1S/C12H16N4O2/c1-4-9-6-5-7-11(10(9)8-18-3)16-12(17)15(2)13-14-16/h4,6H,1,5,7-8H2,2-3H3. The van der Waals surface area contributed by atoms with E-state index in [-0.39, 0.29) is 5.69 Å². The van der Waals surface area contributed by atoms with Gasteiger partial charge in [-0.3, -0.25) is 0 Å². The summed E-state index contributed by atoms with van der Waals surface area (Å²) in [6, 6.07) is 0. The van der Waals surface area contributed by atoms with Crippen molar-refractivity contribution in [2.45, 2.75) is 12.8 Å². The molecular formula is C12H16N4O2. The number of rotatable bonds is 4. The lowest BCUT2D eigenvalue weighted by atomic mass is 9.95. The number of ether oxygens (including phenoxy) is 1. The van der Waals surface area contributed by atoms with Crippen LogP contribution in [0.4, 0.5) is 0 Å². The maximum atomic E-state index is 11.9. The molecule has 1 aromatic rings. The second-order valence-electron chi connectivity index (χ2n) is 4.06. The van der Waals surface area contributed by atoms with Crippen molar-refractivity contribution in [3.8, 4) is 0 Å². The molecule has 1 heterocycles. The molecule has 1 aliphatic rings. The van der Waals surface area contributed by atoms with Gasteiger partial charge in [-0.25, -0.2) is 4.79 Å². The highest BCUT2D eigenvalue weighted by Gasteiger charge is 2.19. The molecule has 0 amide bonds. The third-order valence-corrected chi connectivity index (χ3v) is 2.93. The molecule has 1 aliphatic carbocycles. The van der Waals surface area contributed by atoms with Gasteiger partial charge in [0.05, 0.1) is 12.3 Å². The third kappa shape index (κ3) is 2.06. The molecule has 0 saturated carbocycles. The maximum Gasteiger partial charge on any atom is 0.367 e. The van der Waals surface area contributed by atoms with Gasteiger partial charge in [0.15, 0.2) is 0 Å². The Balaban J connectivity index is 2.57. The van der Waals surface area contributed by atoms with Gasteiger partial charge in [-0.15, -0.1) is 0 Å². The van der Waals surface area contributed by atoms with Crippen LogP contribution in [0.5, 0.6) is 0 Å². The summed E-state index contributed by atoms with van der Waals surface area (Å²) < 4.78 is 7.74. The molecule has 18 heavy (non-hydrogen) atoms. The van der Waals surface area contributed by atoms with E-state index in [9.17, 15) is 4.79 Å². The van der Waals surface area contributed by atoms with E-state index in [0.29, 0.717) is 6.61 Å². The fourth-order valence-electron chi connectivity index (χ4n) is 2.04. The zero-order valence-electron chi connectivity index (χ0n) is 10.6.